The van der Waals surface area contributed by atoms with E-state index in [-0.39, 0.29) is 29.2 Å². The molecule has 1 unspecified atom stereocenters. The Morgan fingerprint density at radius 1 is 1.00 bits per heavy atom. The Morgan fingerprint density at radius 3 is 2.41 bits per heavy atom. The highest BCUT2D eigenvalue weighted by atomic mass is 35.5. The lowest BCUT2D eigenvalue weighted by molar-refractivity contribution is -0.132. The summed E-state index contributed by atoms with van der Waals surface area (Å²) in [6.07, 6.45) is 0. The van der Waals surface area contributed by atoms with E-state index in [4.69, 9.17) is 25.8 Å². The van der Waals surface area contributed by atoms with Crippen LogP contribution in [-0.4, -0.2) is 42.7 Å². The fourth-order valence-electron chi connectivity index (χ4n) is 4.36. The van der Waals surface area contributed by atoms with Crippen molar-refractivity contribution in [3.8, 4) is 23.0 Å². The number of nitrogens with zero attached hydrogens (tertiary/aromatic N) is 1. The van der Waals surface area contributed by atoms with Gasteiger partial charge in [0.15, 0.2) is 23.0 Å². The van der Waals surface area contributed by atoms with Gasteiger partial charge < -0.3 is 24.4 Å². The number of Topliss-reactive ketones (excluding diaryl/α,β-unsaturated/α-hetero) is 1. The van der Waals surface area contributed by atoms with Crippen LogP contribution in [0.3, 0.4) is 0 Å². The van der Waals surface area contributed by atoms with Crippen molar-refractivity contribution in [2.24, 2.45) is 0 Å². The molecule has 0 saturated carbocycles. The fraction of sp³-hybridized carbons (Fsp3) is 0.214. The molecule has 9 heteroatoms. The number of aromatic hydroxyl groups is 1. The Balaban J connectivity index is 1.99. The second-order valence-electron chi connectivity index (χ2n) is 8.28. The first kappa shape index (κ1) is 25.9. The minimum atomic E-state index is -1.04. The molecule has 1 atom stereocenters. The Bertz CT molecular complexity index is 1420. The van der Waals surface area contributed by atoms with Gasteiger partial charge in [0.2, 0.25) is 0 Å². The van der Waals surface area contributed by atoms with Gasteiger partial charge in [0, 0.05) is 16.3 Å². The van der Waals surface area contributed by atoms with Gasteiger partial charge in [0.1, 0.15) is 5.76 Å². The van der Waals surface area contributed by atoms with Crippen molar-refractivity contribution in [2.45, 2.75) is 19.9 Å². The minimum Gasteiger partial charge on any atom is -0.507 e. The number of ether oxygens (including phenoxy) is 3. The van der Waals surface area contributed by atoms with Crippen LogP contribution in [0.2, 0.25) is 5.02 Å². The Hall–Kier alpha value is -4.17. The number of carbonyl (C=O) groups is 2. The zero-order valence-corrected chi connectivity index (χ0v) is 21.5. The molecule has 3 aromatic carbocycles. The van der Waals surface area contributed by atoms with Crippen molar-refractivity contribution in [3.63, 3.8) is 0 Å². The van der Waals surface area contributed by atoms with Gasteiger partial charge in [-0.25, -0.2) is 0 Å². The maximum absolute atomic E-state index is 13.5. The number of rotatable bonds is 7. The van der Waals surface area contributed by atoms with E-state index in [1.54, 1.807) is 56.3 Å². The largest absolute Gasteiger partial charge is 0.507 e. The standard InChI is InChI=1S/C28H26ClNO7/c1-5-37-22-13-16(9-11-20(22)31)25-24(26(32)17-10-12-21(35-3)23(14-17)36-4)27(33)28(34)30(25)19-8-6-7-18(29)15(19)2/h6-14,25,31-32H,5H2,1-4H3/b26-24+. The van der Waals surface area contributed by atoms with Crippen molar-refractivity contribution in [1.82, 2.24) is 0 Å². The highest BCUT2D eigenvalue weighted by Crippen LogP contribution is 2.46. The second-order valence-corrected chi connectivity index (χ2v) is 8.69. The van der Waals surface area contributed by atoms with Crippen LogP contribution in [0.15, 0.2) is 60.2 Å². The number of aliphatic hydroxyl groups is 1. The normalized spacial score (nSPS) is 16.7. The summed E-state index contributed by atoms with van der Waals surface area (Å²) in [5, 5.41) is 22.1. The fourth-order valence-corrected chi connectivity index (χ4v) is 4.53. The third-order valence-corrected chi connectivity index (χ3v) is 6.61. The Kier molecular flexibility index (Phi) is 7.31. The Morgan fingerprint density at radius 2 is 1.73 bits per heavy atom. The van der Waals surface area contributed by atoms with Crippen LogP contribution in [0.4, 0.5) is 5.69 Å². The van der Waals surface area contributed by atoms with E-state index in [9.17, 15) is 19.8 Å². The number of methoxy groups -OCH3 is 2. The van der Waals surface area contributed by atoms with Crippen molar-refractivity contribution in [1.29, 1.82) is 0 Å². The van der Waals surface area contributed by atoms with Crippen molar-refractivity contribution in [3.05, 3.63) is 81.9 Å². The highest BCUT2D eigenvalue weighted by Gasteiger charge is 2.47. The van der Waals surface area contributed by atoms with Gasteiger partial charge in [-0.15, -0.1) is 0 Å². The lowest BCUT2D eigenvalue weighted by atomic mass is 9.94. The summed E-state index contributed by atoms with van der Waals surface area (Å²) >= 11 is 6.35. The number of amides is 1. The molecule has 0 spiro atoms. The monoisotopic (exact) mass is 523 g/mol. The SMILES string of the molecule is CCOc1cc(C2/C(=C(\O)c3ccc(OC)c(OC)c3)C(=O)C(=O)N2c2cccc(Cl)c2C)ccc1O. The summed E-state index contributed by atoms with van der Waals surface area (Å²) < 4.78 is 16.2. The van der Waals surface area contributed by atoms with E-state index < -0.39 is 23.5 Å². The van der Waals surface area contributed by atoms with Crippen LogP contribution in [-0.2, 0) is 9.59 Å². The average molecular weight is 524 g/mol. The number of carbonyl (C=O) groups excluding carboxylic acids is 2. The van der Waals surface area contributed by atoms with Gasteiger partial charge in [-0.3, -0.25) is 14.5 Å². The number of aliphatic hydroxyl groups excluding tert-OH is 1. The third-order valence-electron chi connectivity index (χ3n) is 6.20. The molecule has 0 bridgehead atoms. The third kappa shape index (κ3) is 4.56. The van der Waals surface area contributed by atoms with Gasteiger partial charge in [-0.2, -0.15) is 0 Å². The molecule has 1 saturated heterocycles. The van der Waals surface area contributed by atoms with Crippen molar-refractivity contribution < 1.29 is 34.0 Å². The first-order valence-electron chi connectivity index (χ1n) is 11.5. The van der Waals surface area contributed by atoms with E-state index in [2.05, 4.69) is 0 Å². The molecule has 192 valence electrons. The molecule has 1 fully saturated rings. The van der Waals surface area contributed by atoms with Crippen molar-refractivity contribution >= 4 is 34.7 Å². The van der Waals surface area contributed by atoms with Crippen molar-refractivity contribution in [2.75, 3.05) is 25.7 Å². The molecule has 1 heterocycles. The van der Waals surface area contributed by atoms with Crippen LogP contribution in [0.1, 0.15) is 29.7 Å². The van der Waals surface area contributed by atoms with Crippen LogP contribution in [0.5, 0.6) is 23.0 Å². The van der Waals surface area contributed by atoms with Crippen LogP contribution in [0.25, 0.3) is 5.76 Å². The molecule has 4 rings (SSSR count). The minimum absolute atomic E-state index is 0.0959. The molecular weight excluding hydrogens is 498 g/mol. The lowest BCUT2D eigenvalue weighted by Crippen LogP contribution is -2.30. The molecule has 0 aliphatic carbocycles. The number of phenols is 1. The number of hydrogen-bond donors (Lipinski definition) is 2. The van der Waals surface area contributed by atoms with Crippen LogP contribution < -0.4 is 19.1 Å². The number of anilines is 1. The summed E-state index contributed by atoms with van der Waals surface area (Å²) in [4.78, 5) is 28.2. The van der Waals surface area contributed by atoms with Gasteiger partial charge in [0.25, 0.3) is 11.7 Å². The summed E-state index contributed by atoms with van der Waals surface area (Å²) in [6.45, 7) is 3.80. The number of phenolic OH excluding ortho intramolecular Hbond substituents is 1. The summed E-state index contributed by atoms with van der Waals surface area (Å²) in [6, 6.07) is 13.2. The maximum atomic E-state index is 13.5. The number of hydrogen-bond acceptors (Lipinski definition) is 7. The van der Waals surface area contributed by atoms with Gasteiger partial charge in [-0.1, -0.05) is 23.7 Å². The van der Waals surface area contributed by atoms with Gasteiger partial charge >= 0.3 is 0 Å². The first-order valence-corrected chi connectivity index (χ1v) is 11.8. The molecule has 1 aliphatic rings. The predicted molar refractivity (Wildman–Crippen MR) is 140 cm³/mol. The molecule has 3 aromatic rings. The van der Waals surface area contributed by atoms with E-state index in [1.807, 2.05) is 0 Å². The summed E-state index contributed by atoms with van der Waals surface area (Å²) in [5.41, 5.74) is 1.57. The quantitative estimate of drug-likeness (QED) is 0.243. The molecule has 8 nitrogen and oxygen atoms in total. The molecule has 0 aromatic heterocycles. The summed E-state index contributed by atoms with van der Waals surface area (Å²) in [5.74, 6) is -1.23. The zero-order chi connectivity index (χ0) is 26.9. The number of benzene rings is 3. The lowest BCUT2D eigenvalue weighted by Gasteiger charge is -2.27. The molecule has 0 radical (unpaired) electrons. The molecule has 37 heavy (non-hydrogen) atoms. The molecule has 1 aliphatic heterocycles. The molecule has 2 N–H and O–H groups in total. The predicted octanol–water partition coefficient (Wildman–Crippen LogP) is 5.40. The van der Waals surface area contributed by atoms with Crippen LogP contribution >= 0.6 is 11.6 Å². The van der Waals surface area contributed by atoms with E-state index in [1.165, 1.54) is 31.3 Å². The first-order chi connectivity index (χ1) is 17.7. The average Bonchev–Trinajstić information content (AvgIpc) is 3.16. The maximum Gasteiger partial charge on any atom is 0.300 e. The zero-order valence-electron chi connectivity index (χ0n) is 20.7. The molecule has 1 amide bonds. The molecular formula is C28H26ClNO7. The highest BCUT2D eigenvalue weighted by molar-refractivity contribution is 6.52. The smallest absolute Gasteiger partial charge is 0.300 e. The van der Waals surface area contributed by atoms with E-state index in [0.717, 1.165) is 0 Å². The van der Waals surface area contributed by atoms with E-state index in [0.29, 0.717) is 33.3 Å². The number of halogens is 1. The summed E-state index contributed by atoms with van der Waals surface area (Å²) in [7, 11) is 2.94. The second kappa shape index (κ2) is 10.4. The van der Waals surface area contributed by atoms with E-state index >= 15 is 0 Å². The topological polar surface area (TPSA) is 106 Å². The van der Waals surface area contributed by atoms with Gasteiger partial charge in [0.05, 0.1) is 32.4 Å². The number of ketones is 1. The Labute approximate surface area is 219 Å². The van der Waals surface area contributed by atoms with Crippen LogP contribution in [0, 0.1) is 6.92 Å². The van der Waals surface area contributed by atoms with Gasteiger partial charge in [-0.05, 0) is 67.4 Å².